The van der Waals surface area contributed by atoms with Crippen molar-refractivity contribution in [2.75, 3.05) is 13.1 Å². The van der Waals surface area contributed by atoms with Gasteiger partial charge in [0, 0.05) is 18.6 Å². The van der Waals surface area contributed by atoms with E-state index in [1.165, 1.54) is 44.2 Å². The van der Waals surface area contributed by atoms with Gasteiger partial charge in [0.05, 0.1) is 0 Å². The molecule has 1 saturated heterocycles. The van der Waals surface area contributed by atoms with Crippen LogP contribution in [0.25, 0.3) is 0 Å². The molecule has 1 heterocycles. The first kappa shape index (κ1) is 13.6. The average Bonchev–Trinajstić information content (AvgIpc) is 2.43. The lowest BCUT2D eigenvalue weighted by Gasteiger charge is -2.41. The first-order valence-electron chi connectivity index (χ1n) is 7.37. The van der Waals surface area contributed by atoms with Crippen LogP contribution in [0.15, 0.2) is 30.3 Å². The van der Waals surface area contributed by atoms with Gasteiger partial charge in [0.15, 0.2) is 0 Å². The Morgan fingerprint density at radius 2 is 2.06 bits per heavy atom. The zero-order chi connectivity index (χ0) is 12.8. The summed E-state index contributed by atoms with van der Waals surface area (Å²) in [6.07, 6.45) is 6.63. The third-order valence-corrected chi connectivity index (χ3v) is 4.10. The smallest absolute Gasteiger partial charge is 0.0473 e. The molecule has 2 nitrogen and oxygen atoms in total. The fraction of sp³-hybridized carbons (Fsp3) is 0.625. The lowest BCUT2D eigenvalue weighted by Crippen LogP contribution is -2.44. The van der Waals surface area contributed by atoms with Crippen LogP contribution in [0.2, 0.25) is 0 Å². The molecule has 1 aliphatic rings. The summed E-state index contributed by atoms with van der Waals surface area (Å²) in [7, 11) is 0. The van der Waals surface area contributed by atoms with Crippen LogP contribution in [0.5, 0.6) is 0 Å². The molecule has 0 aromatic heterocycles. The Balaban J connectivity index is 2.14. The minimum atomic E-state index is 0.406. The molecule has 2 heteroatoms. The van der Waals surface area contributed by atoms with Crippen molar-refractivity contribution in [3.63, 3.8) is 0 Å². The standard InChI is InChI=1S/C16H26N2/c1-2-8-15-11-6-7-12-18(15)16(13-17)14-9-4-3-5-10-14/h3-5,9-10,15-16H,2,6-8,11-13,17H2,1H3. The second-order valence-corrected chi connectivity index (χ2v) is 5.34. The molecule has 2 N–H and O–H groups in total. The second-order valence-electron chi connectivity index (χ2n) is 5.34. The molecule has 2 rings (SSSR count). The van der Waals surface area contributed by atoms with E-state index in [1.54, 1.807) is 0 Å². The van der Waals surface area contributed by atoms with Gasteiger partial charge in [-0.05, 0) is 31.4 Å². The molecule has 1 fully saturated rings. The van der Waals surface area contributed by atoms with Gasteiger partial charge in [-0.1, -0.05) is 50.1 Å². The highest BCUT2D eigenvalue weighted by Gasteiger charge is 2.28. The summed E-state index contributed by atoms with van der Waals surface area (Å²) >= 11 is 0. The Morgan fingerprint density at radius 3 is 2.72 bits per heavy atom. The Bertz CT molecular complexity index is 334. The lowest BCUT2D eigenvalue weighted by atomic mass is 9.94. The summed E-state index contributed by atoms with van der Waals surface area (Å²) in [6, 6.07) is 11.9. The van der Waals surface area contributed by atoms with Crippen LogP contribution in [0.1, 0.15) is 50.6 Å². The molecule has 18 heavy (non-hydrogen) atoms. The average molecular weight is 246 g/mol. The van der Waals surface area contributed by atoms with Crippen LogP contribution in [0.4, 0.5) is 0 Å². The zero-order valence-corrected chi connectivity index (χ0v) is 11.5. The van der Waals surface area contributed by atoms with Crippen molar-refractivity contribution in [3.05, 3.63) is 35.9 Å². The highest BCUT2D eigenvalue weighted by Crippen LogP contribution is 2.29. The van der Waals surface area contributed by atoms with Gasteiger partial charge < -0.3 is 5.73 Å². The van der Waals surface area contributed by atoms with Crippen LogP contribution < -0.4 is 5.73 Å². The number of nitrogens with two attached hydrogens (primary N) is 1. The molecule has 100 valence electrons. The van der Waals surface area contributed by atoms with Crippen LogP contribution in [-0.2, 0) is 0 Å². The van der Waals surface area contributed by atoms with E-state index in [0.29, 0.717) is 6.04 Å². The number of likely N-dealkylation sites (tertiary alicyclic amines) is 1. The maximum absolute atomic E-state index is 6.05. The van der Waals surface area contributed by atoms with Crippen molar-refractivity contribution in [1.29, 1.82) is 0 Å². The molecule has 1 aliphatic heterocycles. The summed E-state index contributed by atoms with van der Waals surface area (Å²) in [5.74, 6) is 0. The van der Waals surface area contributed by atoms with Crippen molar-refractivity contribution in [2.24, 2.45) is 5.73 Å². The van der Waals surface area contributed by atoms with E-state index in [9.17, 15) is 0 Å². The van der Waals surface area contributed by atoms with Crippen molar-refractivity contribution in [1.82, 2.24) is 4.90 Å². The van der Waals surface area contributed by atoms with Crippen LogP contribution in [0.3, 0.4) is 0 Å². The molecular weight excluding hydrogens is 220 g/mol. The van der Waals surface area contributed by atoms with Gasteiger partial charge in [-0.2, -0.15) is 0 Å². The quantitative estimate of drug-likeness (QED) is 0.863. The summed E-state index contributed by atoms with van der Waals surface area (Å²) in [5.41, 5.74) is 7.43. The topological polar surface area (TPSA) is 29.3 Å². The molecule has 2 atom stereocenters. The number of hydrogen-bond acceptors (Lipinski definition) is 2. The van der Waals surface area contributed by atoms with Gasteiger partial charge in [-0.25, -0.2) is 0 Å². The SMILES string of the molecule is CCCC1CCCCN1C(CN)c1ccccc1. The maximum atomic E-state index is 6.05. The first-order chi connectivity index (χ1) is 8.86. The predicted molar refractivity (Wildman–Crippen MR) is 77.5 cm³/mol. The molecule has 1 aromatic carbocycles. The number of rotatable bonds is 5. The minimum Gasteiger partial charge on any atom is -0.329 e. The molecular formula is C16H26N2. The Morgan fingerprint density at radius 1 is 1.28 bits per heavy atom. The fourth-order valence-electron chi connectivity index (χ4n) is 3.21. The molecule has 1 aromatic rings. The minimum absolute atomic E-state index is 0.406. The van der Waals surface area contributed by atoms with Gasteiger partial charge >= 0.3 is 0 Å². The van der Waals surface area contributed by atoms with Crippen LogP contribution in [-0.4, -0.2) is 24.0 Å². The van der Waals surface area contributed by atoms with Gasteiger partial charge in [0.25, 0.3) is 0 Å². The normalized spacial score (nSPS) is 22.9. The van der Waals surface area contributed by atoms with Crippen LogP contribution in [0, 0.1) is 0 Å². The van der Waals surface area contributed by atoms with E-state index in [-0.39, 0.29) is 0 Å². The fourth-order valence-corrected chi connectivity index (χ4v) is 3.21. The lowest BCUT2D eigenvalue weighted by molar-refractivity contribution is 0.0913. The van der Waals surface area contributed by atoms with E-state index in [2.05, 4.69) is 42.2 Å². The summed E-state index contributed by atoms with van der Waals surface area (Å²) in [4.78, 5) is 2.66. The maximum Gasteiger partial charge on any atom is 0.0473 e. The third-order valence-electron chi connectivity index (χ3n) is 4.10. The molecule has 0 radical (unpaired) electrons. The molecule has 0 spiro atoms. The Hall–Kier alpha value is -0.860. The molecule has 0 aliphatic carbocycles. The number of benzene rings is 1. The van der Waals surface area contributed by atoms with E-state index in [0.717, 1.165) is 12.6 Å². The largest absolute Gasteiger partial charge is 0.329 e. The van der Waals surface area contributed by atoms with E-state index >= 15 is 0 Å². The Kier molecular flexibility index (Phi) is 5.21. The zero-order valence-electron chi connectivity index (χ0n) is 11.5. The van der Waals surface area contributed by atoms with Crippen molar-refractivity contribution >= 4 is 0 Å². The predicted octanol–water partition coefficient (Wildman–Crippen LogP) is 3.34. The summed E-state index contributed by atoms with van der Waals surface area (Å²) in [5, 5.41) is 0. The molecule has 0 bridgehead atoms. The number of piperidine rings is 1. The van der Waals surface area contributed by atoms with Gasteiger partial charge in [0.1, 0.15) is 0 Å². The second kappa shape index (κ2) is 6.91. The number of nitrogens with zero attached hydrogens (tertiary/aromatic N) is 1. The van der Waals surface area contributed by atoms with Crippen LogP contribution >= 0.6 is 0 Å². The Labute approximate surface area is 111 Å². The van der Waals surface area contributed by atoms with Crippen molar-refractivity contribution in [3.8, 4) is 0 Å². The first-order valence-corrected chi connectivity index (χ1v) is 7.37. The summed E-state index contributed by atoms with van der Waals surface area (Å²) < 4.78 is 0. The molecule has 2 unspecified atom stereocenters. The van der Waals surface area contributed by atoms with Gasteiger partial charge in [-0.3, -0.25) is 4.90 Å². The van der Waals surface area contributed by atoms with E-state index < -0.39 is 0 Å². The molecule has 0 amide bonds. The van der Waals surface area contributed by atoms with Crippen molar-refractivity contribution in [2.45, 2.75) is 51.1 Å². The highest BCUT2D eigenvalue weighted by atomic mass is 15.2. The monoisotopic (exact) mass is 246 g/mol. The summed E-state index contributed by atoms with van der Waals surface area (Å²) in [6.45, 7) is 4.22. The number of hydrogen-bond donors (Lipinski definition) is 1. The van der Waals surface area contributed by atoms with Gasteiger partial charge in [0.2, 0.25) is 0 Å². The molecule has 0 saturated carbocycles. The van der Waals surface area contributed by atoms with E-state index in [1.807, 2.05) is 0 Å². The van der Waals surface area contributed by atoms with E-state index in [4.69, 9.17) is 5.73 Å². The highest BCUT2D eigenvalue weighted by molar-refractivity contribution is 5.19. The van der Waals surface area contributed by atoms with Gasteiger partial charge in [-0.15, -0.1) is 0 Å². The van der Waals surface area contributed by atoms with Crippen molar-refractivity contribution < 1.29 is 0 Å². The third kappa shape index (κ3) is 3.12.